The molecular formula is C14H18BrN3. The number of nitrogens with two attached hydrogens (primary N) is 1. The van der Waals surface area contributed by atoms with Crippen LogP contribution in [0, 0.1) is 6.92 Å². The van der Waals surface area contributed by atoms with E-state index < -0.39 is 0 Å². The van der Waals surface area contributed by atoms with Gasteiger partial charge >= 0.3 is 0 Å². The van der Waals surface area contributed by atoms with Crippen molar-refractivity contribution < 1.29 is 0 Å². The van der Waals surface area contributed by atoms with Crippen molar-refractivity contribution in [2.75, 3.05) is 0 Å². The third kappa shape index (κ3) is 2.65. The molecule has 1 atom stereocenters. The van der Waals surface area contributed by atoms with Crippen molar-refractivity contribution in [3.05, 3.63) is 51.8 Å². The smallest absolute Gasteiger partial charge is 0.0585 e. The quantitative estimate of drug-likeness (QED) is 0.940. The Hall–Kier alpha value is -1.13. The molecule has 1 heterocycles. The van der Waals surface area contributed by atoms with Gasteiger partial charge in [-0.3, -0.25) is 4.68 Å². The first kappa shape index (κ1) is 13.3. The Labute approximate surface area is 116 Å². The van der Waals surface area contributed by atoms with Crippen LogP contribution in [0.4, 0.5) is 0 Å². The van der Waals surface area contributed by atoms with Crippen LogP contribution in [0.1, 0.15) is 36.1 Å². The van der Waals surface area contributed by atoms with E-state index in [2.05, 4.69) is 40.9 Å². The summed E-state index contributed by atoms with van der Waals surface area (Å²) >= 11 is 3.54. The first-order chi connectivity index (χ1) is 8.63. The second kappa shape index (κ2) is 5.67. The van der Waals surface area contributed by atoms with Gasteiger partial charge in [-0.25, -0.2) is 0 Å². The molecule has 3 nitrogen and oxygen atoms in total. The van der Waals surface area contributed by atoms with E-state index in [1.165, 1.54) is 5.56 Å². The van der Waals surface area contributed by atoms with Crippen LogP contribution in [-0.2, 0) is 6.54 Å². The van der Waals surface area contributed by atoms with Crippen LogP contribution in [0.3, 0.4) is 0 Å². The van der Waals surface area contributed by atoms with Crippen molar-refractivity contribution in [3.8, 4) is 0 Å². The summed E-state index contributed by atoms with van der Waals surface area (Å²) in [6.07, 6.45) is 4.97. The summed E-state index contributed by atoms with van der Waals surface area (Å²) in [5.41, 5.74) is 9.71. The van der Waals surface area contributed by atoms with Gasteiger partial charge in [-0.2, -0.15) is 5.10 Å². The second-order valence-corrected chi connectivity index (χ2v) is 5.32. The number of nitrogens with zero attached hydrogens (tertiary/aromatic N) is 2. The molecular weight excluding hydrogens is 290 g/mol. The monoisotopic (exact) mass is 307 g/mol. The highest BCUT2D eigenvalue weighted by atomic mass is 79.9. The SMILES string of the molecule is CCCn1cc(C(N)c2cccc(Br)c2C)cn1. The first-order valence-electron chi connectivity index (χ1n) is 6.16. The van der Waals surface area contributed by atoms with Crippen LogP contribution in [-0.4, -0.2) is 9.78 Å². The summed E-state index contributed by atoms with van der Waals surface area (Å²) in [5, 5.41) is 4.33. The minimum atomic E-state index is -0.117. The average molecular weight is 308 g/mol. The van der Waals surface area contributed by atoms with Gasteiger partial charge in [-0.1, -0.05) is 35.0 Å². The molecule has 0 saturated heterocycles. The molecule has 0 saturated carbocycles. The zero-order valence-corrected chi connectivity index (χ0v) is 12.3. The Balaban J connectivity index is 2.29. The Morgan fingerprint density at radius 1 is 1.44 bits per heavy atom. The van der Waals surface area contributed by atoms with Crippen LogP contribution in [0.2, 0.25) is 0 Å². The van der Waals surface area contributed by atoms with Gasteiger partial charge in [0.15, 0.2) is 0 Å². The maximum atomic E-state index is 6.32. The molecule has 4 heteroatoms. The normalized spacial score (nSPS) is 12.7. The largest absolute Gasteiger partial charge is 0.320 e. The molecule has 0 bridgehead atoms. The fourth-order valence-electron chi connectivity index (χ4n) is 2.03. The van der Waals surface area contributed by atoms with E-state index in [9.17, 15) is 0 Å². The topological polar surface area (TPSA) is 43.8 Å². The zero-order valence-electron chi connectivity index (χ0n) is 10.7. The molecule has 0 aliphatic rings. The van der Waals surface area contributed by atoms with Gasteiger partial charge in [0.2, 0.25) is 0 Å². The predicted octanol–water partition coefficient (Wildman–Crippen LogP) is 3.41. The second-order valence-electron chi connectivity index (χ2n) is 4.47. The Morgan fingerprint density at radius 3 is 2.94 bits per heavy atom. The van der Waals surface area contributed by atoms with Crippen LogP contribution < -0.4 is 5.73 Å². The number of aryl methyl sites for hydroxylation is 1. The van der Waals surface area contributed by atoms with E-state index in [0.29, 0.717) is 0 Å². The van der Waals surface area contributed by atoms with Gasteiger partial charge in [-0.15, -0.1) is 0 Å². The van der Waals surface area contributed by atoms with E-state index in [0.717, 1.165) is 28.6 Å². The van der Waals surface area contributed by atoms with Crippen LogP contribution >= 0.6 is 15.9 Å². The van der Waals surface area contributed by atoms with Gasteiger partial charge in [0.25, 0.3) is 0 Å². The fraction of sp³-hybridized carbons (Fsp3) is 0.357. The van der Waals surface area contributed by atoms with E-state index >= 15 is 0 Å². The molecule has 1 aromatic carbocycles. The first-order valence-corrected chi connectivity index (χ1v) is 6.95. The van der Waals surface area contributed by atoms with Crippen molar-refractivity contribution in [1.82, 2.24) is 9.78 Å². The molecule has 2 N–H and O–H groups in total. The molecule has 0 aliphatic heterocycles. The molecule has 1 aromatic heterocycles. The highest BCUT2D eigenvalue weighted by Crippen LogP contribution is 2.27. The summed E-state index contributed by atoms with van der Waals surface area (Å²) in [4.78, 5) is 0. The molecule has 96 valence electrons. The molecule has 1 unspecified atom stereocenters. The van der Waals surface area contributed by atoms with Crippen molar-refractivity contribution in [3.63, 3.8) is 0 Å². The number of aromatic nitrogens is 2. The lowest BCUT2D eigenvalue weighted by molar-refractivity contribution is 0.602. The summed E-state index contributed by atoms with van der Waals surface area (Å²) in [6, 6.07) is 6.00. The van der Waals surface area contributed by atoms with Gasteiger partial charge in [0, 0.05) is 22.8 Å². The fourth-order valence-corrected chi connectivity index (χ4v) is 2.41. The zero-order chi connectivity index (χ0) is 13.1. The highest BCUT2D eigenvalue weighted by molar-refractivity contribution is 9.10. The number of halogens is 1. The number of hydrogen-bond acceptors (Lipinski definition) is 2. The summed E-state index contributed by atoms with van der Waals surface area (Å²) in [6.45, 7) is 5.15. The summed E-state index contributed by atoms with van der Waals surface area (Å²) in [5.74, 6) is 0. The van der Waals surface area contributed by atoms with E-state index in [1.807, 2.05) is 29.2 Å². The molecule has 2 rings (SSSR count). The van der Waals surface area contributed by atoms with Crippen molar-refractivity contribution in [1.29, 1.82) is 0 Å². The summed E-state index contributed by atoms with van der Waals surface area (Å²) in [7, 11) is 0. The maximum absolute atomic E-state index is 6.32. The van der Waals surface area contributed by atoms with Gasteiger partial charge in [0.05, 0.1) is 12.2 Å². The molecule has 0 radical (unpaired) electrons. The van der Waals surface area contributed by atoms with E-state index in [4.69, 9.17) is 5.73 Å². The lowest BCUT2D eigenvalue weighted by Gasteiger charge is -2.14. The van der Waals surface area contributed by atoms with Crippen molar-refractivity contribution >= 4 is 15.9 Å². The lowest BCUT2D eigenvalue weighted by atomic mass is 9.98. The molecule has 0 amide bonds. The molecule has 0 fully saturated rings. The van der Waals surface area contributed by atoms with E-state index in [-0.39, 0.29) is 6.04 Å². The van der Waals surface area contributed by atoms with Crippen LogP contribution in [0.25, 0.3) is 0 Å². The standard InChI is InChI=1S/C14H18BrN3/c1-3-7-18-9-11(8-17-18)14(16)12-5-4-6-13(15)10(12)2/h4-6,8-9,14H,3,7,16H2,1-2H3. The Kier molecular flexibility index (Phi) is 4.19. The highest BCUT2D eigenvalue weighted by Gasteiger charge is 2.14. The molecule has 0 aliphatic carbocycles. The van der Waals surface area contributed by atoms with E-state index in [1.54, 1.807) is 0 Å². The minimum absolute atomic E-state index is 0.117. The maximum Gasteiger partial charge on any atom is 0.0585 e. The van der Waals surface area contributed by atoms with Gasteiger partial charge < -0.3 is 5.73 Å². The molecule has 18 heavy (non-hydrogen) atoms. The Morgan fingerprint density at radius 2 is 2.22 bits per heavy atom. The van der Waals surface area contributed by atoms with Crippen molar-refractivity contribution in [2.45, 2.75) is 32.9 Å². The Bertz CT molecular complexity index is 534. The molecule has 0 spiro atoms. The number of hydrogen-bond donors (Lipinski definition) is 1. The lowest BCUT2D eigenvalue weighted by Crippen LogP contribution is -2.12. The third-order valence-electron chi connectivity index (χ3n) is 3.11. The molecule has 2 aromatic rings. The average Bonchev–Trinajstić information content (AvgIpc) is 2.81. The van der Waals surface area contributed by atoms with Gasteiger partial charge in [0.1, 0.15) is 0 Å². The minimum Gasteiger partial charge on any atom is -0.320 e. The van der Waals surface area contributed by atoms with Gasteiger partial charge in [-0.05, 0) is 30.5 Å². The van der Waals surface area contributed by atoms with Crippen LogP contribution in [0.15, 0.2) is 35.1 Å². The summed E-state index contributed by atoms with van der Waals surface area (Å²) < 4.78 is 3.04. The van der Waals surface area contributed by atoms with Crippen LogP contribution in [0.5, 0.6) is 0 Å². The van der Waals surface area contributed by atoms with Crippen molar-refractivity contribution in [2.24, 2.45) is 5.73 Å². The predicted molar refractivity (Wildman–Crippen MR) is 77.4 cm³/mol. The number of rotatable bonds is 4. The third-order valence-corrected chi connectivity index (χ3v) is 3.97. The number of benzene rings is 1.